The highest BCUT2D eigenvalue weighted by Crippen LogP contribution is 1.95. The topological polar surface area (TPSA) is 18.5 Å². The van der Waals surface area contributed by atoms with Crippen LogP contribution in [0.2, 0.25) is 0 Å². The minimum Gasteiger partial charge on any atom is -0.361 e. The first kappa shape index (κ1) is 10.1. The van der Waals surface area contributed by atoms with E-state index in [1.807, 2.05) is 0 Å². The van der Waals surface area contributed by atoms with Crippen LogP contribution >= 0.6 is 0 Å². The number of rotatable bonds is 6. The predicted octanol–water partition coefficient (Wildman–Crippen LogP) is 0.489. The fourth-order valence-electron chi connectivity index (χ4n) is 0.669. The lowest BCUT2D eigenvalue weighted by Gasteiger charge is -2.09. The molecule has 0 N–H and O–H groups in total. The van der Waals surface area contributed by atoms with E-state index in [-0.39, 0.29) is 5.91 Å². The van der Waals surface area contributed by atoms with Crippen molar-refractivity contribution in [1.82, 2.24) is 0 Å². The van der Waals surface area contributed by atoms with E-state index in [0.29, 0.717) is 0 Å². The van der Waals surface area contributed by atoms with Crippen molar-refractivity contribution in [1.29, 1.82) is 0 Å². The van der Waals surface area contributed by atoms with Gasteiger partial charge in [0.1, 0.15) is 5.91 Å². The molecule has 1 unspecified atom stereocenters. The second-order valence-corrected chi connectivity index (χ2v) is 3.32. The summed E-state index contributed by atoms with van der Waals surface area (Å²) in [7, 11) is 2.66. The van der Waals surface area contributed by atoms with Crippen molar-refractivity contribution >= 4 is 10.2 Å². The predicted molar refractivity (Wildman–Crippen MR) is 46.2 cm³/mol. The summed E-state index contributed by atoms with van der Waals surface area (Å²) in [5.74, 6) is 0.0943. The zero-order chi connectivity index (χ0) is 7.82. The van der Waals surface area contributed by atoms with Crippen LogP contribution in [0.15, 0.2) is 0 Å². The summed E-state index contributed by atoms with van der Waals surface area (Å²) < 4.78 is 10.3. The van der Waals surface area contributed by atoms with Gasteiger partial charge < -0.3 is 9.47 Å². The first-order valence-electron chi connectivity index (χ1n) is 3.95. The van der Waals surface area contributed by atoms with Crippen LogP contribution in [-0.2, 0) is 9.47 Å². The molecule has 0 aromatic carbocycles. The third-order valence-corrected chi connectivity index (χ3v) is 2.24. The quantitative estimate of drug-likeness (QED) is 0.321. The van der Waals surface area contributed by atoms with Gasteiger partial charge in [0.05, 0.1) is 10.2 Å². The normalized spacial score (nSPS) is 13.8. The average Bonchev–Trinajstić information content (AvgIpc) is 1.98. The van der Waals surface area contributed by atoms with Crippen molar-refractivity contribution in [3.05, 3.63) is 0 Å². The minimum absolute atomic E-state index is 0.0943. The molecule has 10 heavy (non-hydrogen) atoms. The smallest absolute Gasteiger partial charge is 0.131 e. The van der Waals surface area contributed by atoms with Crippen LogP contribution in [0.3, 0.4) is 0 Å². The summed E-state index contributed by atoms with van der Waals surface area (Å²) in [6.45, 7) is 3.05. The molecule has 0 fully saturated rings. The molecule has 0 spiro atoms. The van der Waals surface area contributed by atoms with Gasteiger partial charge >= 0.3 is 0 Å². The van der Waals surface area contributed by atoms with E-state index in [9.17, 15) is 0 Å². The molecule has 0 saturated heterocycles. The van der Waals surface area contributed by atoms with Crippen molar-refractivity contribution in [2.24, 2.45) is 0 Å². The van der Waals surface area contributed by atoms with Crippen LogP contribution in [0.5, 0.6) is 0 Å². The number of ether oxygens (including phenoxy) is 2. The van der Waals surface area contributed by atoms with Crippen molar-refractivity contribution in [3.63, 3.8) is 0 Å². The molecule has 0 bridgehead atoms. The number of hydrogen-bond donors (Lipinski definition) is 0. The Hall–Kier alpha value is 0.137. The molecular weight excluding hydrogens is 144 g/mol. The minimum atomic E-state index is 0.0943. The molecule has 1 atom stereocenters. The molecule has 62 valence electrons. The maximum absolute atomic E-state index is 5.33. The van der Waals surface area contributed by atoms with Gasteiger partial charge in [-0.3, -0.25) is 0 Å². The van der Waals surface area contributed by atoms with E-state index in [0.717, 1.165) is 16.8 Å². The van der Waals surface area contributed by atoms with Crippen LogP contribution in [-0.4, -0.2) is 29.9 Å². The summed E-state index contributed by atoms with van der Waals surface area (Å²) in [5.41, 5.74) is 0. The Morgan fingerprint density at radius 3 is 2.60 bits per heavy atom. The summed E-state index contributed by atoms with van der Waals surface area (Å²) in [6, 6.07) is 0. The van der Waals surface area contributed by atoms with Crippen molar-refractivity contribution in [2.45, 2.75) is 32.1 Å². The van der Waals surface area contributed by atoms with E-state index >= 15 is 0 Å². The van der Waals surface area contributed by atoms with Gasteiger partial charge in [-0.1, -0.05) is 19.8 Å². The Bertz CT molecular complexity index is 68.6. The van der Waals surface area contributed by atoms with Gasteiger partial charge in [0.25, 0.3) is 0 Å². The highest BCUT2D eigenvalue weighted by Gasteiger charge is 1.95. The number of hydrogen-bond acceptors (Lipinski definition) is 2. The fourth-order valence-corrected chi connectivity index (χ4v) is 0.905. The maximum atomic E-state index is 5.33. The monoisotopic (exact) mass is 162 g/mol. The van der Waals surface area contributed by atoms with Gasteiger partial charge in [-0.2, -0.15) is 0 Å². The van der Waals surface area contributed by atoms with Gasteiger partial charge in [0, 0.05) is 13.7 Å². The second-order valence-electron chi connectivity index (χ2n) is 2.38. The summed E-state index contributed by atoms with van der Waals surface area (Å²) in [5, 5.41) is 0. The molecule has 0 aliphatic heterocycles. The Kier molecular flexibility index (Phi) is 7.35. The van der Waals surface area contributed by atoms with Gasteiger partial charge in [-0.25, -0.2) is 0 Å². The molecular formula is C7H18O2Si. The number of methoxy groups -OCH3 is 1. The Labute approximate surface area is 66.3 Å². The van der Waals surface area contributed by atoms with E-state index in [2.05, 4.69) is 6.92 Å². The van der Waals surface area contributed by atoms with Gasteiger partial charge in [-0.05, 0) is 6.42 Å². The van der Waals surface area contributed by atoms with Gasteiger partial charge in [-0.15, -0.1) is 0 Å². The highest BCUT2D eigenvalue weighted by molar-refractivity contribution is 6.09. The van der Waals surface area contributed by atoms with Gasteiger partial charge in [0.2, 0.25) is 0 Å². The van der Waals surface area contributed by atoms with Crippen LogP contribution < -0.4 is 0 Å². The Balaban J connectivity index is 2.89. The van der Waals surface area contributed by atoms with Crippen LogP contribution in [0.1, 0.15) is 26.2 Å². The Morgan fingerprint density at radius 1 is 1.40 bits per heavy atom. The summed E-state index contributed by atoms with van der Waals surface area (Å²) in [4.78, 5) is 0. The first-order valence-corrected chi connectivity index (χ1v) is 5.11. The van der Waals surface area contributed by atoms with Crippen LogP contribution in [0.4, 0.5) is 0 Å². The van der Waals surface area contributed by atoms with E-state index in [1.165, 1.54) is 19.3 Å². The molecule has 0 aromatic heterocycles. The zero-order valence-electron chi connectivity index (χ0n) is 7.22. The summed E-state index contributed by atoms with van der Waals surface area (Å²) >= 11 is 0. The van der Waals surface area contributed by atoms with Crippen molar-refractivity contribution in [2.75, 3.05) is 13.7 Å². The summed E-state index contributed by atoms with van der Waals surface area (Å²) in [6.07, 6.45) is 3.68. The lowest BCUT2D eigenvalue weighted by atomic mass is 10.3. The highest BCUT2D eigenvalue weighted by atomic mass is 28.1. The van der Waals surface area contributed by atoms with E-state index in [1.54, 1.807) is 7.11 Å². The Morgan fingerprint density at radius 2 is 2.10 bits per heavy atom. The molecule has 2 nitrogen and oxygen atoms in total. The standard InChI is InChI=1S/C7H18O2Si/c1-3-4-5-6-9-7(10)8-2/h7H,3-6H2,1-2,10H3. The van der Waals surface area contributed by atoms with Crippen molar-refractivity contribution in [3.8, 4) is 0 Å². The molecule has 0 aromatic rings. The molecule has 0 aliphatic rings. The molecule has 3 heteroatoms. The molecule has 0 saturated carbocycles. The lowest BCUT2D eigenvalue weighted by Crippen LogP contribution is -2.15. The second kappa shape index (κ2) is 7.25. The van der Waals surface area contributed by atoms with Crippen molar-refractivity contribution < 1.29 is 9.47 Å². The molecule has 0 aliphatic carbocycles. The van der Waals surface area contributed by atoms with Crippen LogP contribution in [0, 0.1) is 0 Å². The maximum Gasteiger partial charge on any atom is 0.131 e. The van der Waals surface area contributed by atoms with E-state index in [4.69, 9.17) is 9.47 Å². The van der Waals surface area contributed by atoms with Gasteiger partial charge in [0.15, 0.2) is 0 Å². The molecule has 0 amide bonds. The molecule has 0 rings (SSSR count). The van der Waals surface area contributed by atoms with E-state index < -0.39 is 0 Å². The third-order valence-electron chi connectivity index (χ3n) is 1.43. The molecule has 0 heterocycles. The molecule has 0 radical (unpaired) electrons. The lowest BCUT2D eigenvalue weighted by molar-refractivity contribution is -0.0674. The first-order chi connectivity index (χ1) is 4.81. The third kappa shape index (κ3) is 6.26. The SMILES string of the molecule is CCCCCOC([SiH3])OC. The average molecular weight is 162 g/mol. The fraction of sp³-hybridized carbons (Fsp3) is 1.00. The van der Waals surface area contributed by atoms with Crippen LogP contribution in [0.25, 0.3) is 0 Å². The largest absolute Gasteiger partial charge is 0.361 e. The number of unbranched alkanes of at least 4 members (excludes halogenated alkanes) is 2. The zero-order valence-corrected chi connectivity index (χ0v) is 9.22.